The van der Waals surface area contributed by atoms with Gasteiger partial charge in [-0.05, 0) is 61.2 Å². The number of hydrogen-bond acceptors (Lipinski definition) is 4. The van der Waals surface area contributed by atoms with Crippen molar-refractivity contribution in [2.24, 2.45) is 0 Å². The summed E-state index contributed by atoms with van der Waals surface area (Å²) in [5.41, 5.74) is 3.64. The molecule has 6 heteroatoms. The fraction of sp³-hybridized carbons (Fsp3) is 0.333. The SMILES string of the molecule is COc1ccc(CCS(=O)(=O)Nc2ccc(C)c(C)c2)cc1OC. The van der Waals surface area contributed by atoms with E-state index in [0.29, 0.717) is 23.6 Å². The van der Waals surface area contributed by atoms with Gasteiger partial charge < -0.3 is 9.47 Å². The Morgan fingerprint density at radius 2 is 1.62 bits per heavy atom. The summed E-state index contributed by atoms with van der Waals surface area (Å²) in [6, 6.07) is 10.9. The maximum atomic E-state index is 12.3. The van der Waals surface area contributed by atoms with Crippen molar-refractivity contribution in [1.29, 1.82) is 0 Å². The van der Waals surface area contributed by atoms with Gasteiger partial charge in [0.05, 0.1) is 20.0 Å². The molecular formula is C18H23NO4S. The smallest absolute Gasteiger partial charge is 0.233 e. The average molecular weight is 349 g/mol. The second-order valence-electron chi connectivity index (χ2n) is 5.66. The van der Waals surface area contributed by atoms with Gasteiger partial charge in [-0.1, -0.05) is 12.1 Å². The minimum atomic E-state index is -3.42. The zero-order chi connectivity index (χ0) is 17.7. The molecule has 0 radical (unpaired) electrons. The first kappa shape index (κ1) is 18.1. The molecule has 0 aromatic heterocycles. The molecule has 0 atom stereocenters. The molecule has 0 saturated carbocycles. The van der Waals surface area contributed by atoms with Crippen LogP contribution in [-0.4, -0.2) is 28.4 Å². The number of hydrogen-bond donors (Lipinski definition) is 1. The molecule has 0 unspecified atom stereocenters. The molecule has 24 heavy (non-hydrogen) atoms. The predicted octanol–water partition coefficient (Wildman–Crippen LogP) is 3.31. The van der Waals surface area contributed by atoms with Crippen molar-refractivity contribution in [3.05, 3.63) is 53.1 Å². The van der Waals surface area contributed by atoms with Crippen LogP contribution >= 0.6 is 0 Å². The second kappa shape index (κ2) is 7.57. The normalized spacial score (nSPS) is 11.2. The third-order valence-electron chi connectivity index (χ3n) is 3.89. The number of ether oxygens (including phenoxy) is 2. The molecule has 1 N–H and O–H groups in total. The van der Waals surface area contributed by atoms with Crippen LogP contribution in [0.5, 0.6) is 11.5 Å². The first-order chi connectivity index (χ1) is 11.3. The standard InChI is InChI=1S/C18H23NO4S/c1-13-5-7-16(11-14(13)2)19-24(20,21)10-9-15-6-8-17(22-3)18(12-15)23-4/h5-8,11-12,19H,9-10H2,1-4H3. The monoisotopic (exact) mass is 349 g/mol. The third kappa shape index (κ3) is 4.64. The first-order valence-corrected chi connectivity index (χ1v) is 9.28. The van der Waals surface area contributed by atoms with Gasteiger partial charge in [-0.2, -0.15) is 0 Å². The van der Waals surface area contributed by atoms with E-state index in [-0.39, 0.29) is 5.75 Å². The van der Waals surface area contributed by atoms with E-state index >= 15 is 0 Å². The van der Waals surface area contributed by atoms with Gasteiger partial charge in [-0.15, -0.1) is 0 Å². The molecule has 0 saturated heterocycles. The Labute approximate surface area is 143 Å². The van der Waals surface area contributed by atoms with Crippen molar-refractivity contribution in [1.82, 2.24) is 0 Å². The van der Waals surface area contributed by atoms with Crippen LogP contribution in [0.4, 0.5) is 5.69 Å². The van der Waals surface area contributed by atoms with E-state index in [9.17, 15) is 8.42 Å². The average Bonchev–Trinajstić information content (AvgIpc) is 2.56. The van der Waals surface area contributed by atoms with Crippen molar-refractivity contribution in [2.75, 3.05) is 24.7 Å². The van der Waals surface area contributed by atoms with E-state index in [2.05, 4.69) is 4.72 Å². The first-order valence-electron chi connectivity index (χ1n) is 7.63. The molecule has 2 aromatic rings. The number of benzene rings is 2. The summed E-state index contributed by atoms with van der Waals surface area (Å²) < 4.78 is 37.6. The van der Waals surface area contributed by atoms with Crippen LogP contribution in [0.15, 0.2) is 36.4 Å². The molecule has 5 nitrogen and oxygen atoms in total. The summed E-state index contributed by atoms with van der Waals surface area (Å²) in [7, 11) is -0.300. The highest BCUT2D eigenvalue weighted by Gasteiger charge is 2.12. The molecule has 0 fully saturated rings. The fourth-order valence-electron chi connectivity index (χ4n) is 2.32. The Morgan fingerprint density at radius 1 is 0.917 bits per heavy atom. The third-order valence-corrected chi connectivity index (χ3v) is 5.18. The maximum Gasteiger partial charge on any atom is 0.233 e. The lowest BCUT2D eigenvalue weighted by molar-refractivity contribution is 0.354. The summed E-state index contributed by atoms with van der Waals surface area (Å²) in [5.74, 6) is 1.21. The summed E-state index contributed by atoms with van der Waals surface area (Å²) in [6.45, 7) is 3.95. The van der Waals surface area contributed by atoms with E-state index in [1.165, 1.54) is 0 Å². The highest BCUT2D eigenvalue weighted by Crippen LogP contribution is 2.27. The number of aryl methyl sites for hydroxylation is 3. The molecule has 0 aliphatic heterocycles. The Bertz CT molecular complexity index is 816. The topological polar surface area (TPSA) is 64.6 Å². The van der Waals surface area contributed by atoms with E-state index in [4.69, 9.17) is 9.47 Å². The molecule has 0 aliphatic rings. The van der Waals surface area contributed by atoms with Crippen molar-refractivity contribution < 1.29 is 17.9 Å². The van der Waals surface area contributed by atoms with Crippen molar-refractivity contribution in [3.63, 3.8) is 0 Å². The Morgan fingerprint density at radius 3 is 2.25 bits per heavy atom. The largest absolute Gasteiger partial charge is 0.493 e. The molecule has 0 amide bonds. The van der Waals surface area contributed by atoms with Gasteiger partial charge in [0.25, 0.3) is 0 Å². The lowest BCUT2D eigenvalue weighted by Gasteiger charge is -2.11. The van der Waals surface area contributed by atoms with Crippen LogP contribution in [0.1, 0.15) is 16.7 Å². The van der Waals surface area contributed by atoms with Crippen LogP contribution in [0.25, 0.3) is 0 Å². The highest BCUT2D eigenvalue weighted by molar-refractivity contribution is 7.92. The molecule has 130 valence electrons. The van der Waals surface area contributed by atoms with Crippen molar-refractivity contribution >= 4 is 15.7 Å². The number of sulfonamides is 1. The van der Waals surface area contributed by atoms with Crippen LogP contribution < -0.4 is 14.2 Å². The zero-order valence-corrected chi connectivity index (χ0v) is 15.2. The van der Waals surface area contributed by atoms with Gasteiger partial charge in [-0.25, -0.2) is 8.42 Å². The minimum absolute atomic E-state index is 0.00456. The van der Waals surface area contributed by atoms with Gasteiger partial charge in [0.2, 0.25) is 10.0 Å². The maximum absolute atomic E-state index is 12.3. The number of anilines is 1. The molecule has 0 heterocycles. The number of rotatable bonds is 7. The molecule has 0 spiro atoms. The Balaban J connectivity index is 2.05. The molecule has 2 rings (SSSR count). The van der Waals surface area contributed by atoms with Gasteiger partial charge in [0, 0.05) is 5.69 Å². The van der Waals surface area contributed by atoms with Crippen LogP contribution in [0, 0.1) is 13.8 Å². The summed E-state index contributed by atoms with van der Waals surface area (Å²) in [5, 5.41) is 0. The van der Waals surface area contributed by atoms with Crippen LogP contribution in [0.2, 0.25) is 0 Å². The van der Waals surface area contributed by atoms with Gasteiger partial charge in [0.15, 0.2) is 11.5 Å². The van der Waals surface area contributed by atoms with Crippen molar-refractivity contribution in [2.45, 2.75) is 20.3 Å². The van der Waals surface area contributed by atoms with E-state index in [1.807, 2.05) is 32.0 Å². The summed E-state index contributed by atoms with van der Waals surface area (Å²) in [6.07, 6.45) is 0.389. The minimum Gasteiger partial charge on any atom is -0.493 e. The van der Waals surface area contributed by atoms with Gasteiger partial charge >= 0.3 is 0 Å². The predicted molar refractivity (Wildman–Crippen MR) is 96.6 cm³/mol. The van der Waals surface area contributed by atoms with Crippen LogP contribution in [0.3, 0.4) is 0 Å². The number of nitrogens with one attached hydrogen (secondary N) is 1. The molecule has 2 aromatic carbocycles. The van der Waals surface area contributed by atoms with E-state index in [1.54, 1.807) is 32.4 Å². The quantitative estimate of drug-likeness (QED) is 0.833. The number of methoxy groups -OCH3 is 2. The van der Waals surface area contributed by atoms with E-state index in [0.717, 1.165) is 16.7 Å². The Hall–Kier alpha value is -2.21. The summed E-state index contributed by atoms with van der Waals surface area (Å²) >= 11 is 0. The van der Waals surface area contributed by atoms with Crippen LogP contribution in [-0.2, 0) is 16.4 Å². The lowest BCUT2D eigenvalue weighted by Crippen LogP contribution is -2.18. The van der Waals surface area contributed by atoms with Crippen molar-refractivity contribution in [3.8, 4) is 11.5 Å². The lowest BCUT2D eigenvalue weighted by atomic mass is 10.1. The van der Waals surface area contributed by atoms with Gasteiger partial charge in [-0.3, -0.25) is 4.72 Å². The molecule has 0 bridgehead atoms. The fourth-order valence-corrected chi connectivity index (χ4v) is 3.42. The van der Waals surface area contributed by atoms with Gasteiger partial charge in [0.1, 0.15) is 0 Å². The zero-order valence-electron chi connectivity index (χ0n) is 14.4. The summed E-state index contributed by atoms with van der Waals surface area (Å²) in [4.78, 5) is 0. The Kier molecular flexibility index (Phi) is 5.72. The van der Waals surface area contributed by atoms with E-state index < -0.39 is 10.0 Å². The molecule has 0 aliphatic carbocycles. The second-order valence-corrected chi connectivity index (χ2v) is 7.50. The highest BCUT2D eigenvalue weighted by atomic mass is 32.2. The molecular weight excluding hydrogens is 326 g/mol.